The maximum atomic E-state index is 13.1. The van der Waals surface area contributed by atoms with E-state index in [0.717, 1.165) is 11.3 Å². The van der Waals surface area contributed by atoms with Gasteiger partial charge in [-0.1, -0.05) is 30.0 Å². The quantitative estimate of drug-likeness (QED) is 0.359. The number of H-pyrrole nitrogens is 1. The molecule has 3 aromatic rings. The number of aryl methyl sites for hydroxylation is 2. The Morgan fingerprint density at radius 2 is 1.97 bits per heavy atom. The number of aromatic nitrogens is 5. The fourth-order valence-corrected chi connectivity index (χ4v) is 3.98. The van der Waals surface area contributed by atoms with E-state index in [9.17, 15) is 9.59 Å². The van der Waals surface area contributed by atoms with Gasteiger partial charge in [0.05, 0.1) is 28.8 Å². The van der Waals surface area contributed by atoms with Crippen LogP contribution in [0.25, 0.3) is 5.69 Å². The first-order chi connectivity index (χ1) is 13.8. The molecule has 3 rings (SSSR count). The third-order valence-electron chi connectivity index (χ3n) is 4.60. The molecule has 0 aliphatic carbocycles. The first kappa shape index (κ1) is 20.8. The van der Waals surface area contributed by atoms with E-state index in [1.807, 2.05) is 31.2 Å². The second-order valence-corrected chi connectivity index (χ2v) is 7.94. The molecule has 0 spiro atoms. The number of aromatic amines is 1. The summed E-state index contributed by atoms with van der Waals surface area (Å²) in [6.45, 7) is 9.30. The molecule has 0 unspecified atom stereocenters. The molecule has 0 saturated heterocycles. The highest BCUT2D eigenvalue weighted by Crippen LogP contribution is 2.28. The molecule has 29 heavy (non-hydrogen) atoms. The summed E-state index contributed by atoms with van der Waals surface area (Å²) in [6, 6.07) is 7.75. The van der Waals surface area contributed by atoms with Crippen LogP contribution in [-0.4, -0.2) is 48.8 Å². The highest BCUT2D eigenvalue weighted by molar-refractivity contribution is 8.00. The van der Waals surface area contributed by atoms with Gasteiger partial charge in [-0.15, -0.1) is 5.10 Å². The van der Waals surface area contributed by atoms with Crippen molar-refractivity contribution in [2.75, 3.05) is 6.61 Å². The van der Waals surface area contributed by atoms with Crippen LogP contribution < -0.4 is 0 Å². The minimum absolute atomic E-state index is 0.134. The summed E-state index contributed by atoms with van der Waals surface area (Å²) in [6.07, 6.45) is 0. The van der Waals surface area contributed by atoms with Crippen LogP contribution in [-0.2, 0) is 4.74 Å². The van der Waals surface area contributed by atoms with Crippen LogP contribution in [0.1, 0.15) is 51.5 Å². The molecule has 1 N–H and O–H groups in total. The molecule has 0 radical (unpaired) electrons. The number of nitrogens with one attached hydrogen (secondary N) is 1. The minimum atomic E-state index is -0.462. The van der Waals surface area contributed by atoms with Gasteiger partial charge in [0.2, 0.25) is 5.16 Å². The monoisotopic (exact) mass is 413 g/mol. The molecule has 2 heterocycles. The summed E-state index contributed by atoms with van der Waals surface area (Å²) in [5.41, 5.74) is 3.91. The van der Waals surface area contributed by atoms with Crippen LogP contribution >= 0.6 is 11.8 Å². The Bertz CT molecular complexity index is 1060. The average Bonchev–Trinajstić information content (AvgIpc) is 3.25. The number of Topliss-reactive ketones (excluding diaryl/α,β-unsaturated/α-hetero) is 1. The number of ether oxygens (including phenoxy) is 1. The zero-order chi connectivity index (χ0) is 21.1. The Hall–Kier alpha value is -2.94. The highest BCUT2D eigenvalue weighted by atomic mass is 32.2. The van der Waals surface area contributed by atoms with Gasteiger partial charge in [0, 0.05) is 5.69 Å². The van der Waals surface area contributed by atoms with Crippen molar-refractivity contribution in [1.29, 1.82) is 0 Å². The van der Waals surface area contributed by atoms with E-state index in [1.54, 1.807) is 32.4 Å². The van der Waals surface area contributed by atoms with E-state index >= 15 is 0 Å². The second kappa shape index (κ2) is 8.60. The Kier molecular flexibility index (Phi) is 6.17. The summed E-state index contributed by atoms with van der Waals surface area (Å²) < 4.78 is 6.72. The van der Waals surface area contributed by atoms with Crippen LogP contribution in [0.15, 0.2) is 29.4 Å². The molecule has 1 atom stereocenters. The molecule has 1 aromatic carbocycles. The van der Waals surface area contributed by atoms with Crippen molar-refractivity contribution >= 4 is 23.5 Å². The molecule has 152 valence electrons. The first-order valence-corrected chi connectivity index (χ1v) is 10.1. The van der Waals surface area contributed by atoms with Crippen LogP contribution in [0.4, 0.5) is 0 Å². The fourth-order valence-electron chi connectivity index (χ4n) is 3.13. The molecule has 2 aromatic heterocycles. The number of rotatable bonds is 7. The average molecular weight is 414 g/mol. The number of thioether (sulfide) groups is 1. The van der Waals surface area contributed by atoms with E-state index in [4.69, 9.17) is 4.74 Å². The SMILES string of the molecule is CCOC(=O)c1c(C)[nH]c(C(=O)[C@@H](C)Sc2nnnn2-c2ccccc2C)c1C. The van der Waals surface area contributed by atoms with Crippen LogP contribution in [0.2, 0.25) is 0 Å². The van der Waals surface area contributed by atoms with Crippen LogP contribution in [0, 0.1) is 20.8 Å². The Morgan fingerprint density at radius 3 is 2.66 bits per heavy atom. The largest absolute Gasteiger partial charge is 0.462 e. The normalized spacial score (nSPS) is 12.0. The Labute approximate surface area is 173 Å². The van der Waals surface area contributed by atoms with E-state index < -0.39 is 11.2 Å². The maximum absolute atomic E-state index is 13.1. The van der Waals surface area contributed by atoms with Crippen molar-refractivity contribution in [3.05, 3.63) is 52.3 Å². The second-order valence-electron chi connectivity index (χ2n) is 6.63. The lowest BCUT2D eigenvalue weighted by Crippen LogP contribution is -2.16. The molecule has 0 aliphatic heterocycles. The van der Waals surface area contributed by atoms with Gasteiger partial charge in [-0.2, -0.15) is 4.68 Å². The van der Waals surface area contributed by atoms with Gasteiger partial charge in [0.25, 0.3) is 0 Å². The number of para-hydroxylation sites is 1. The summed E-state index contributed by atoms with van der Waals surface area (Å²) in [5, 5.41) is 12.0. The fraction of sp³-hybridized carbons (Fsp3) is 0.350. The van der Waals surface area contributed by atoms with E-state index in [0.29, 0.717) is 27.7 Å². The van der Waals surface area contributed by atoms with Crippen LogP contribution in [0.3, 0.4) is 0 Å². The first-order valence-electron chi connectivity index (χ1n) is 9.26. The van der Waals surface area contributed by atoms with E-state index in [1.165, 1.54) is 11.8 Å². The van der Waals surface area contributed by atoms with E-state index in [2.05, 4.69) is 20.5 Å². The predicted molar refractivity (Wildman–Crippen MR) is 110 cm³/mol. The van der Waals surface area contributed by atoms with Gasteiger partial charge in [0.15, 0.2) is 5.78 Å². The Morgan fingerprint density at radius 1 is 1.24 bits per heavy atom. The summed E-state index contributed by atoms with van der Waals surface area (Å²) >= 11 is 1.27. The van der Waals surface area contributed by atoms with E-state index in [-0.39, 0.29) is 12.4 Å². The Balaban J connectivity index is 1.85. The molecule has 0 fully saturated rings. The number of carbonyl (C=O) groups excluding carboxylic acids is 2. The third-order valence-corrected chi connectivity index (χ3v) is 5.63. The standard InChI is InChI=1S/C20H23N5O3S/c1-6-28-19(27)16-12(3)17(21-13(16)4)18(26)14(5)29-20-22-23-24-25(20)15-10-8-7-9-11(15)2/h7-10,14,21H,6H2,1-5H3/t14-/m1/s1. The smallest absolute Gasteiger partial charge is 0.340 e. The van der Waals surface area contributed by atoms with Gasteiger partial charge in [-0.05, 0) is 62.2 Å². The van der Waals surface area contributed by atoms with Crippen molar-refractivity contribution in [2.45, 2.75) is 45.0 Å². The van der Waals surface area contributed by atoms with Gasteiger partial charge in [-0.25, -0.2) is 4.79 Å². The van der Waals surface area contributed by atoms with Crippen molar-refractivity contribution in [3.8, 4) is 5.69 Å². The lowest BCUT2D eigenvalue weighted by molar-refractivity contribution is 0.0525. The molecular formula is C20H23N5O3S. The van der Waals surface area contributed by atoms with Gasteiger partial charge < -0.3 is 9.72 Å². The van der Waals surface area contributed by atoms with Crippen molar-refractivity contribution in [2.24, 2.45) is 0 Å². The highest BCUT2D eigenvalue weighted by Gasteiger charge is 2.27. The molecule has 9 heteroatoms. The third kappa shape index (κ3) is 4.09. The molecule has 8 nitrogen and oxygen atoms in total. The van der Waals surface area contributed by atoms with Gasteiger partial charge in [-0.3, -0.25) is 4.79 Å². The number of ketones is 1. The molecule has 0 saturated carbocycles. The molecule has 0 amide bonds. The number of hydrogen-bond donors (Lipinski definition) is 1. The van der Waals surface area contributed by atoms with Crippen LogP contribution in [0.5, 0.6) is 0 Å². The number of nitrogens with zero attached hydrogens (tertiary/aromatic N) is 4. The molecule has 0 aliphatic rings. The predicted octanol–water partition coefficient (Wildman–Crippen LogP) is 3.46. The number of benzene rings is 1. The summed E-state index contributed by atoms with van der Waals surface area (Å²) in [4.78, 5) is 28.3. The maximum Gasteiger partial charge on any atom is 0.340 e. The minimum Gasteiger partial charge on any atom is -0.462 e. The number of esters is 1. The lowest BCUT2D eigenvalue weighted by atomic mass is 10.1. The lowest BCUT2D eigenvalue weighted by Gasteiger charge is -2.11. The zero-order valence-corrected chi connectivity index (χ0v) is 17.8. The molecular weight excluding hydrogens is 390 g/mol. The number of tetrazole rings is 1. The number of hydrogen-bond acceptors (Lipinski definition) is 7. The summed E-state index contributed by atoms with van der Waals surface area (Å²) in [5.74, 6) is -0.563. The van der Waals surface area contributed by atoms with Gasteiger partial charge >= 0.3 is 5.97 Å². The topological polar surface area (TPSA) is 103 Å². The van der Waals surface area contributed by atoms with Crippen molar-refractivity contribution < 1.29 is 14.3 Å². The summed E-state index contributed by atoms with van der Waals surface area (Å²) in [7, 11) is 0. The number of carbonyl (C=O) groups is 2. The van der Waals surface area contributed by atoms with Crippen molar-refractivity contribution in [3.63, 3.8) is 0 Å². The molecule has 0 bridgehead atoms. The van der Waals surface area contributed by atoms with Gasteiger partial charge in [0.1, 0.15) is 0 Å². The zero-order valence-electron chi connectivity index (χ0n) is 17.0. The van der Waals surface area contributed by atoms with Crippen molar-refractivity contribution in [1.82, 2.24) is 25.2 Å².